The minimum Gasteiger partial charge on any atom is -0.469 e. The minimum atomic E-state index is -1.62. The smallest absolute Gasteiger partial charge is 0.305 e. The van der Waals surface area contributed by atoms with E-state index in [4.69, 9.17) is 14.2 Å². The molecule has 0 spiro atoms. The molecule has 33 heavy (non-hydrogen) atoms. The molecule has 1 rings (SSSR count). The monoisotopic (exact) mass is 490 g/mol. The highest BCUT2D eigenvalue weighted by Crippen LogP contribution is 2.37. The number of hydrogen-bond acceptors (Lipinski definition) is 10. The maximum Gasteiger partial charge on any atom is 0.305 e. The van der Waals surface area contributed by atoms with Gasteiger partial charge in [-0.1, -0.05) is 25.6 Å². The number of nitrogens with one attached hydrogen (secondary N) is 2. The third-order valence-corrected chi connectivity index (χ3v) is 5.72. The number of hydrogen-bond donors (Lipinski definition) is 2. The van der Waals surface area contributed by atoms with Crippen molar-refractivity contribution in [3.63, 3.8) is 0 Å². The van der Waals surface area contributed by atoms with Crippen LogP contribution in [0.2, 0.25) is 0 Å². The molecule has 0 radical (unpaired) electrons. The Labute approximate surface area is 198 Å². The summed E-state index contributed by atoms with van der Waals surface area (Å²) in [7, 11) is 2.60. The third-order valence-electron chi connectivity index (χ3n) is 4.79. The molecule has 1 aliphatic heterocycles. The molecule has 0 aliphatic carbocycles. The van der Waals surface area contributed by atoms with Crippen LogP contribution >= 0.6 is 11.8 Å². The van der Waals surface area contributed by atoms with Gasteiger partial charge >= 0.3 is 5.97 Å². The van der Waals surface area contributed by atoms with Gasteiger partial charge in [0.2, 0.25) is 11.8 Å². The van der Waals surface area contributed by atoms with Gasteiger partial charge in [0.1, 0.15) is 11.9 Å². The zero-order valence-corrected chi connectivity index (χ0v) is 20.6. The Morgan fingerprint density at radius 1 is 1.03 bits per heavy atom. The van der Waals surface area contributed by atoms with E-state index >= 15 is 0 Å². The van der Waals surface area contributed by atoms with Crippen molar-refractivity contribution in [2.24, 2.45) is 5.41 Å². The molecule has 1 heterocycles. The van der Waals surface area contributed by atoms with Crippen LogP contribution in [0, 0.1) is 5.41 Å². The zero-order chi connectivity index (χ0) is 25.1. The first-order valence-electron chi connectivity index (χ1n) is 10.6. The van der Waals surface area contributed by atoms with E-state index in [0.29, 0.717) is 5.75 Å². The summed E-state index contributed by atoms with van der Waals surface area (Å²) < 4.78 is 21.1. The maximum atomic E-state index is 12.7. The summed E-state index contributed by atoms with van der Waals surface area (Å²) in [6.45, 7) is 5.46. The van der Waals surface area contributed by atoms with Gasteiger partial charge in [-0.25, -0.2) is 0 Å². The molecular formula is C21H34N2O9S. The summed E-state index contributed by atoms with van der Waals surface area (Å²) in [5.41, 5.74) is -0.678. The average Bonchev–Trinajstić information content (AvgIpc) is 2.75. The van der Waals surface area contributed by atoms with Gasteiger partial charge in [-0.15, -0.1) is 0 Å². The number of carbonyl (C=O) groups excluding carboxylic acids is 5. The van der Waals surface area contributed by atoms with Crippen molar-refractivity contribution in [3.8, 4) is 0 Å². The quantitative estimate of drug-likeness (QED) is 0.277. The summed E-state index contributed by atoms with van der Waals surface area (Å²) >= 11 is 1.03. The molecule has 2 amide bonds. The fourth-order valence-corrected chi connectivity index (χ4v) is 3.62. The van der Waals surface area contributed by atoms with Crippen LogP contribution in [0.25, 0.3) is 0 Å². The molecule has 1 saturated heterocycles. The first kappa shape index (κ1) is 29.0. The molecule has 1 unspecified atom stereocenters. The molecular weight excluding hydrogens is 456 g/mol. The third kappa shape index (κ3) is 10.2. The van der Waals surface area contributed by atoms with Crippen molar-refractivity contribution in [1.82, 2.24) is 10.6 Å². The van der Waals surface area contributed by atoms with Crippen molar-refractivity contribution in [2.45, 2.75) is 58.5 Å². The number of ketones is 1. The molecule has 0 aromatic heterocycles. The lowest BCUT2D eigenvalue weighted by Gasteiger charge is -2.46. The number of esters is 1. The predicted octanol–water partition coefficient (Wildman–Crippen LogP) is 0.543. The second kappa shape index (κ2) is 13.6. The van der Waals surface area contributed by atoms with Crippen LogP contribution in [0.3, 0.4) is 0 Å². The van der Waals surface area contributed by atoms with E-state index in [-0.39, 0.29) is 62.2 Å². The van der Waals surface area contributed by atoms with Crippen molar-refractivity contribution < 1.29 is 42.9 Å². The molecule has 0 bridgehead atoms. The lowest BCUT2D eigenvalue weighted by molar-refractivity contribution is -0.421. The van der Waals surface area contributed by atoms with E-state index in [1.165, 1.54) is 21.1 Å². The Morgan fingerprint density at radius 3 is 2.33 bits per heavy atom. The maximum absolute atomic E-state index is 12.7. The van der Waals surface area contributed by atoms with Crippen LogP contribution in [-0.4, -0.2) is 80.4 Å². The topological polar surface area (TPSA) is 146 Å². The van der Waals surface area contributed by atoms with Crippen molar-refractivity contribution in [1.29, 1.82) is 0 Å². The van der Waals surface area contributed by atoms with Gasteiger partial charge in [0.15, 0.2) is 5.12 Å². The highest BCUT2D eigenvalue weighted by molar-refractivity contribution is 8.13. The number of methoxy groups -OCH3 is 2. The summed E-state index contributed by atoms with van der Waals surface area (Å²) in [4.78, 5) is 58.9. The number of thioether (sulfide) groups is 1. The van der Waals surface area contributed by atoms with Gasteiger partial charge in [-0.2, -0.15) is 0 Å². The standard InChI is InChI=1S/C21H34N2O9S/c1-14(24)12-21(30-5)31-13-20(2,3)18(32-21)19(28)23-9-8-15(25)22-10-11-33-17(27)7-6-16(26)29-4/h18H,6-13H2,1-5H3,(H,22,25)(H,23,28)/t18-,21?/m0/s1. The van der Waals surface area contributed by atoms with Crippen LogP contribution in [0.4, 0.5) is 0 Å². The zero-order valence-electron chi connectivity index (χ0n) is 19.8. The predicted molar refractivity (Wildman–Crippen MR) is 119 cm³/mol. The van der Waals surface area contributed by atoms with Gasteiger partial charge in [0.05, 0.1) is 26.6 Å². The number of amides is 2. The second-order valence-electron chi connectivity index (χ2n) is 8.23. The Balaban J connectivity index is 2.38. The van der Waals surface area contributed by atoms with Gasteiger partial charge in [0.25, 0.3) is 5.97 Å². The molecule has 1 fully saturated rings. The molecule has 2 N–H and O–H groups in total. The van der Waals surface area contributed by atoms with Gasteiger partial charge in [0, 0.05) is 44.2 Å². The summed E-state index contributed by atoms with van der Waals surface area (Å²) in [6.07, 6.45) is -0.948. The van der Waals surface area contributed by atoms with Gasteiger partial charge < -0.3 is 29.6 Å². The largest absolute Gasteiger partial charge is 0.469 e. The first-order chi connectivity index (χ1) is 15.4. The number of carbonyl (C=O) groups is 5. The molecule has 2 atom stereocenters. The van der Waals surface area contributed by atoms with Gasteiger partial charge in [-0.05, 0) is 6.92 Å². The van der Waals surface area contributed by atoms with E-state index in [2.05, 4.69) is 15.4 Å². The Kier molecular flexibility index (Phi) is 12.0. The Bertz CT molecular complexity index is 729. The molecule has 12 heteroatoms. The fraction of sp³-hybridized carbons (Fsp3) is 0.762. The van der Waals surface area contributed by atoms with Crippen LogP contribution in [-0.2, 0) is 42.9 Å². The van der Waals surface area contributed by atoms with E-state index in [1.54, 1.807) is 13.8 Å². The van der Waals surface area contributed by atoms with E-state index in [9.17, 15) is 24.0 Å². The van der Waals surface area contributed by atoms with Crippen LogP contribution in [0.5, 0.6) is 0 Å². The lowest BCUT2D eigenvalue weighted by Crippen LogP contribution is -2.59. The molecule has 1 aliphatic rings. The molecule has 0 saturated carbocycles. The van der Waals surface area contributed by atoms with Gasteiger partial charge in [-0.3, -0.25) is 24.0 Å². The highest BCUT2D eigenvalue weighted by atomic mass is 32.2. The molecule has 0 aromatic rings. The summed E-state index contributed by atoms with van der Waals surface area (Å²) in [5.74, 6) is -2.62. The number of ether oxygens (including phenoxy) is 4. The average molecular weight is 491 g/mol. The van der Waals surface area contributed by atoms with Crippen LogP contribution < -0.4 is 10.6 Å². The van der Waals surface area contributed by atoms with Crippen molar-refractivity contribution >= 4 is 40.4 Å². The normalized spacial score (nSPS) is 21.7. The summed E-state index contributed by atoms with van der Waals surface area (Å²) in [6, 6.07) is 0. The van der Waals surface area contributed by atoms with Crippen molar-refractivity contribution in [2.75, 3.05) is 39.7 Å². The first-order valence-corrected chi connectivity index (χ1v) is 11.6. The van der Waals surface area contributed by atoms with Crippen LogP contribution in [0.15, 0.2) is 0 Å². The Morgan fingerprint density at radius 2 is 1.73 bits per heavy atom. The van der Waals surface area contributed by atoms with E-state index < -0.39 is 29.4 Å². The molecule has 188 valence electrons. The fourth-order valence-electron chi connectivity index (χ4n) is 2.94. The SMILES string of the molecule is COC(=O)CCC(=O)SCCNC(=O)CCNC(=O)[C@@H]1OC(CC(C)=O)(OC)OCC1(C)C. The minimum absolute atomic E-state index is 0.0300. The van der Waals surface area contributed by atoms with Crippen LogP contribution in [0.1, 0.15) is 46.5 Å². The van der Waals surface area contributed by atoms with E-state index in [1.807, 2.05) is 0 Å². The van der Waals surface area contributed by atoms with Crippen molar-refractivity contribution in [3.05, 3.63) is 0 Å². The molecule has 0 aromatic carbocycles. The number of rotatable bonds is 13. The lowest BCUT2D eigenvalue weighted by atomic mass is 9.85. The number of Topliss-reactive ketones (excluding diaryl/α,β-unsaturated/α-hetero) is 1. The highest BCUT2D eigenvalue weighted by Gasteiger charge is 2.50. The molecule has 11 nitrogen and oxygen atoms in total. The summed E-state index contributed by atoms with van der Waals surface area (Å²) in [5, 5.41) is 5.18. The Hall–Kier alpha value is -2.02. The second-order valence-corrected chi connectivity index (χ2v) is 9.38. The van der Waals surface area contributed by atoms with E-state index in [0.717, 1.165) is 11.8 Å².